The van der Waals surface area contributed by atoms with Crippen LogP contribution in [0.2, 0.25) is 5.02 Å². The number of nitrogens with zero attached hydrogens (tertiary/aromatic N) is 1. The Morgan fingerprint density at radius 3 is 2.66 bits per heavy atom. The van der Waals surface area contributed by atoms with Gasteiger partial charge in [-0.2, -0.15) is 0 Å². The van der Waals surface area contributed by atoms with E-state index in [0.29, 0.717) is 21.6 Å². The summed E-state index contributed by atoms with van der Waals surface area (Å²) in [5.74, 6) is -0.392. The lowest BCUT2D eigenvalue weighted by Gasteiger charge is -2.02. The van der Waals surface area contributed by atoms with Gasteiger partial charge in [-0.3, -0.25) is 4.79 Å². The molecule has 2 aromatic carbocycles. The number of esters is 1. The summed E-state index contributed by atoms with van der Waals surface area (Å²) in [6.45, 7) is 2.15. The summed E-state index contributed by atoms with van der Waals surface area (Å²) in [5, 5.41) is 0.766. The van der Waals surface area contributed by atoms with Crippen LogP contribution in [0.3, 0.4) is 0 Å². The summed E-state index contributed by atoms with van der Waals surface area (Å²) >= 11 is 5.97. The quantitative estimate of drug-likeness (QED) is 0.434. The Bertz CT molecular complexity index is 1210. The number of benzene rings is 2. The minimum atomic E-state index is -0.611. The van der Waals surface area contributed by atoms with Crippen LogP contribution in [0, 0.1) is 0 Å². The maximum absolute atomic E-state index is 12.7. The number of rotatable bonds is 5. The van der Waals surface area contributed by atoms with Crippen LogP contribution < -0.4 is 5.43 Å². The number of unbranched alkanes of at least 4 members (excludes halogenated alkanes) is 1. The van der Waals surface area contributed by atoms with Crippen molar-refractivity contribution in [3.8, 4) is 0 Å². The minimum Gasteiger partial charge on any atom is -0.463 e. The number of ether oxygens (including phenoxy) is 1. The topological polar surface area (TPSA) is 68.9 Å². The lowest BCUT2D eigenvalue weighted by atomic mass is 10.1. The fourth-order valence-corrected chi connectivity index (χ4v) is 3.26. The average molecular weight is 408 g/mol. The van der Waals surface area contributed by atoms with E-state index < -0.39 is 5.97 Å². The molecular formula is C23H18ClNO4. The van der Waals surface area contributed by atoms with Crippen LogP contribution in [0.5, 0.6) is 0 Å². The average Bonchev–Trinajstić information content (AvgIpc) is 3.09. The second kappa shape index (κ2) is 8.05. The van der Waals surface area contributed by atoms with Crippen molar-refractivity contribution in [1.29, 1.82) is 0 Å². The Balaban J connectivity index is 1.65. The van der Waals surface area contributed by atoms with E-state index in [2.05, 4.69) is 11.9 Å². The van der Waals surface area contributed by atoms with Crippen molar-refractivity contribution in [2.75, 3.05) is 0 Å². The first kappa shape index (κ1) is 19.2. The molecule has 0 unspecified atom stereocenters. The lowest BCUT2D eigenvalue weighted by Crippen LogP contribution is -2.07. The molecule has 0 atom stereocenters. The SMILES string of the molecule is CCCCc1ccc(C2=NC(=Cc3coc4ccc(Cl)cc4c3=O)C(=O)O2)cc1. The predicted molar refractivity (Wildman–Crippen MR) is 113 cm³/mol. The molecule has 6 heteroatoms. The van der Waals surface area contributed by atoms with Crippen molar-refractivity contribution in [1.82, 2.24) is 0 Å². The Morgan fingerprint density at radius 2 is 1.90 bits per heavy atom. The molecule has 146 valence electrons. The molecule has 5 nitrogen and oxygen atoms in total. The van der Waals surface area contributed by atoms with E-state index in [4.69, 9.17) is 20.8 Å². The second-order valence-electron chi connectivity index (χ2n) is 6.80. The number of aliphatic imine (C=N–C) groups is 1. The fraction of sp³-hybridized carbons (Fsp3) is 0.174. The van der Waals surface area contributed by atoms with Crippen molar-refractivity contribution in [2.24, 2.45) is 4.99 Å². The van der Waals surface area contributed by atoms with Gasteiger partial charge < -0.3 is 9.15 Å². The molecule has 0 N–H and O–H groups in total. The van der Waals surface area contributed by atoms with Crippen LogP contribution in [0.4, 0.5) is 0 Å². The van der Waals surface area contributed by atoms with Gasteiger partial charge in [0.15, 0.2) is 11.1 Å². The molecule has 0 spiro atoms. The first-order valence-electron chi connectivity index (χ1n) is 9.38. The summed E-state index contributed by atoms with van der Waals surface area (Å²) in [4.78, 5) is 29.2. The van der Waals surface area contributed by atoms with E-state index in [-0.39, 0.29) is 22.6 Å². The van der Waals surface area contributed by atoms with Gasteiger partial charge in [0.05, 0.1) is 10.9 Å². The van der Waals surface area contributed by atoms with Crippen molar-refractivity contribution in [3.63, 3.8) is 0 Å². The van der Waals surface area contributed by atoms with E-state index in [1.165, 1.54) is 24.0 Å². The second-order valence-corrected chi connectivity index (χ2v) is 7.23. The summed E-state index contributed by atoms with van der Waals surface area (Å²) in [5.41, 5.74) is 2.30. The van der Waals surface area contributed by atoms with E-state index in [9.17, 15) is 9.59 Å². The molecular weight excluding hydrogens is 390 g/mol. The third kappa shape index (κ3) is 4.00. The van der Waals surface area contributed by atoms with Crippen LogP contribution in [0.1, 0.15) is 36.5 Å². The van der Waals surface area contributed by atoms with Gasteiger partial charge >= 0.3 is 5.97 Å². The zero-order chi connectivity index (χ0) is 20.4. The fourth-order valence-electron chi connectivity index (χ4n) is 3.09. The number of halogens is 1. The molecule has 29 heavy (non-hydrogen) atoms. The first-order valence-corrected chi connectivity index (χ1v) is 9.76. The molecule has 0 saturated heterocycles. The maximum Gasteiger partial charge on any atom is 0.363 e. The molecule has 0 bridgehead atoms. The maximum atomic E-state index is 12.7. The Labute approximate surface area is 172 Å². The zero-order valence-electron chi connectivity index (χ0n) is 15.8. The van der Waals surface area contributed by atoms with E-state index in [0.717, 1.165) is 19.3 Å². The molecule has 1 aliphatic heterocycles. The highest BCUT2D eigenvalue weighted by Gasteiger charge is 2.24. The number of cyclic esters (lactones) is 1. The number of aryl methyl sites for hydroxylation is 1. The highest BCUT2D eigenvalue weighted by Crippen LogP contribution is 2.21. The molecule has 2 heterocycles. The van der Waals surface area contributed by atoms with Gasteiger partial charge in [0.1, 0.15) is 11.8 Å². The van der Waals surface area contributed by atoms with Gasteiger partial charge in [-0.15, -0.1) is 0 Å². The number of hydrogen-bond donors (Lipinski definition) is 0. The summed E-state index contributed by atoms with van der Waals surface area (Å²) in [6, 6.07) is 12.6. The Morgan fingerprint density at radius 1 is 1.10 bits per heavy atom. The Kier molecular flexibility index (Phi) is 5.32. The summed E-state index contributed by atoms with van der Waals surface area (Å²) < 4.78 is 10.8. The molecule has 4 rings (SSSR count). The largest absolute Gasteiger partial charge is 0.463 e. The van der Waals surface area contributed by atoms with E-state index >= 15 is 0 Å². The van der Waals surface area contributed by atoms with Crippen molar-refractivity contribution >= 4 is 40.5 Å². The molecule has 1 aliphatic rings. The molecule has 0 radical (unpaired) electrons. The van der Waals surface area contributed by atoms with Crippen molar-refractivity contribution in [2.45, 2.75) is 26.2 Å². The molecule has 0 saturated carbocycles. The smallest absolute Gasteiger partial charge is 0.363 e. The van der Waals surface area contributed by atoms with E-state index in [1.807, 2.05) is 24.3 Å². The lowest BCUT2D eigenvalue weighted by molar-refractivity contribution is -0.129. The Hall–Kier alpha value is -3.18. The number of carbonyl (C=O) groups excluding carboxylic acids is 1. The molecule has 1 aromatic heterocycles. The number of carbonyl (C=O) groups is 1. The van der Waals surface area contributed by atoms with Gasteiger partial charge in [0.2, 0.25) is 5.90 Å². The first-order chi connectivity index (χ1) is 14.0. The van der Waals surface area contributed by atoms with Gasteiger partial charge in [-0.25, -0.2) is 9.79 Å². The summed E-state index contributed by atoms with van der Waals surface area (Å²) in [7, 11) is 0. The van der Waals surface area contributed by atoms with Gasteiger partial charge in [-0.1, -0.05) is 37.1 Å². The normalized spacial score (nSPS) is 15.0. The third-order valence-electron chi connectivity index (χ3n) is 4.69. The van der Waals surface area contributed by atoms with Crippen LogP contribution >= 0.6 is 11.6 Å². The van der Waals surface area contributed by atoms with Crippen molar-refractivity contribution < 1.29 is 13.9 Å². The number of fused-ring (bicyclic) bond motifs is 1. The molecule has 0 amide bonds. The van der Waals surface area contributed by atoms with Gasteiger partial charge in [-0.05, 0) is 54.8 Å². The van der Waals surface area contributed by atoms with Gasteiger partial charge in [0.25, 0.3) is 0 Å². The summed E-state index contributed by atoms with van der Waals surface area (Å²) in [6.07, 6.45) is 5.94. The minimum absolute atomic E-state index is 0.0451. The van der Waals surface area contributed by atoms with E-state index in [1.54, 1.807) is 12.1 Å². The molecule has 3 aromatic rings. The van der Waals surface area contributed by atoms with Gasteiger partial charge in [0, 0.05) is 10.6 Å². The van der Waals surface area contributed by atoms with Crippen molar-refractivity contribution in [3.05, 3.63) is 86.4 Å². The third-order valence-corrected chi connectivity index (χ3v) is 4.93. The standard InChI is InChI=1S/C23H18ClNO4/c1-2-3-4-14-5-7-15(8-6-14)22-25-19(23(27)29-22)11-16-13-28-20-10-9-17(24)12-18(20)21(16)26/h5-13H,2-4H2,1H3. The highest BCUT2D eigenvalue weighted by molar-refractivity contribution is 6.31. The highest BCUT2D eigenvalue weighted by atomic mass is 35.5. The van der Waals surface area contributed by atoms with Crippen LogP contribution in [0.15, 0.2) is 68.6 Å². The molecule has 0 fully saturated rings. The predicted octanol–water partition coefficient (Wildman–Crippen LogP) is 5.13. The van der Waals surface area contributed by atoms with Crippen LogP contribution in [-0.2, 0) is 16.0 Å². The van der Waals surface area contributed by atoms with Crippen LogP contribution in [0.25, 0.3) is 17.0 Å². The van der Waals surface area contributed by atoms with Crippen LogP contribution in [-0.4, -0.2) is 11.9 Å². The number of hydrogen-bond acceptors (Lipinski definition) is 5. The zero-order valence-corrected chi connectivity index (χ0v) is 16.5. The monoisotopic (exact) mass is 407 g/mol. The molecule has 0 aliphatic carbocycles.